The van der Waals surface area contributed by atoms with Crippen LogP contribution >= 0.6 is 15.9 Å². The summed E-state index contributed by atoms with van der Waals surface area (Å²) in [5, 5.41) is 1.19. The molecule has 0 unspecified atom stereocenters. The molecule has 0 saturated heterocycles. The highest BCUT2D eigenvalue weighted by molar-refractivity contribution is 9.09. The average molecular weight is 299 g/mol. The van der Waals surface area contributed by atoms with Gasteiger partial charge >= 0.3 is 0 Å². The minimum Gasteiger partial charge on any atom is -0.0928 e. The molecule has 4 rings (SSSR count). The van der Waals surface area contributed by atoms with Crippen LogP contribution in [0.15, 0.2) is 0 Å². The number of rotatable bonds is 3. The predicted octanol–water partition coefficient (Wildman–Crippen LogP) is 5.55. The minimum absolute atomic E-state index is 0.671. The van der Waals surface area contributed by atoms with Crippen LogP contribution in [0.25, 0.3) is 0 Å². The van der Waals surface area contributed by atoms with Crippen molar-refractivity contribution < 1.29 is 0 Å². The Balaban J connectivity index is 1.93. The Hall–Kier alpha value is 0.480. The smallest absolute Gasteiger partial charge is 0.00315 e. The van der Waals surface area contributed by atoms with Crippen LogP contribution in [0.2, 0.25) is 0 Å². The van der Waals surface area contributed by atoms with Crippen LogP contribution < -0.4 is 0 Å². The van der Waals surface area contributed by atoms with Gasteiger partial charge in [0.25, 0.3) is 0 Å². The van der Waals surface area contributed by atoms with E-state index in [-0.39, 0.29) is 0 Å². The van der Waals surface area contributed by atoms with E-state index in [1.165, 1.54) is 56.7 Å². The SMILES string of the molecule is CC12CC3(C)CC(C)(C1)CC(CCCBr)(C2)C3. The van der Waals surface area contributed by atoms with Crippen molar-refractivity contribution in [3.63, 3.8) is 0 Å². The van der Waals surface area contributed by atoms with Crippen LogP contribution in [-0.2, 0) is 0 Å². The van der Waals surface area contributed by atoms with E-state index in [2.05, 4.69) is 36.7 Å². The van der Waals surface area contributed by atoms with Crippen molar-refractivity contribution in [1.82, 2.24) is 0 Å². The third-order valence-electron chi connectivity index (χ3n) is 5.81. The predicted molar refractivity (Wildman–Crippen MR) is 77.5 cm³/mol. The second kappa shape index (κ2) is 3.52. The first kappa shape index (κ1) is 12.5. The number of hydrogen-bond donors (Lipinski definition) is 0. The minimum atomic E-state index is 0.671. The molecule has 4 saturated carbocycles. The van der Waals surface area contributed by atoms with E-state index in [1.807, 2.05) is 0 Å². The molecule has 0 radical (unpaired) electrons. The van der Waals surface area contributed by atoms with Crippen molar-refractivity contribution in [2.75, 3.05) is 5.33 Å². The molecule has 0 aromatic carbocycles. The fourth-order valence-corrected chi connectivity index (χ4v) is 7.54. The van der Waals surface area contributed by atoms with Crippen LogP contribution in [0.1, 0.15) is 72.1 Å². The van der Waals surface area contributed by atoms with E-state index in [0.717, 1.165) is 0 Å². The van der Waals surface area contributed by atoms with Crippen molar-refractivity contribution in [3.05, 3.63) is 0 Å². The lowest BCUT2D eigenvalue weighted by Crippen LogP contribution is -2.58. The van der Waals surface area contributed by atoms with Gasteiger partial charge in [-0.1, -0.05) is 36.7 Å². The van der Waals surface area contributed by atoms with E-state index >= 15 is 0 Å². The van der Waals surface area contributed by atoms with Crippen LogP contribution in [0.4, 0.5) is 0 Å². The Morgan fingerprint density at radius 3 is 1.53 bits per heavy atom. The molecule has 4 bridgehead atoms. The first-order chi connectivity index (χ1) is 7.80. The van der Waals surface area contributed by atoms with Gasteiger partial charge in [-0.2, -0.15) is 0 Å². The molecule has 4 aliphatic carbocycles. The lowest BCUT2D eigenvalue weighted by molar-refractivity contribution is -0.185. The average Bonchev–Trinajstić information content (AvgIpc) is 2.06. The van der Waals surface area contributed by atoms with E-state index in [4.69, 9.17) is 0 Å². The lowest BCUT2D eigenvalue weighted by atomic mass is 9.36. The molecule has 1 heteroatoms. The fourth-order valence-electron chi connectivity index (χ4n) is 7.26. The normalized spacial score (nSPS) is 56.5. The Morgan fingerprint density at radius 2 is 1.18 bits per heavy atom. The number of halogens is 1. The van der Waals surface area contributed by atoms with Crippen molar-refractivity contribution in [3.8, 4) is 0 Å². The van der Waals surface area contributed by atoms with Gasteiger partial charge < -0.3 is 0 Å². The summed E-state index contributed by atoms with van der Waals surface area (Å²) in [5.41, 5.74) is 2.72. The zero-order chi connectivity index (χ0) is 12.4. The molecule has 0 nitrogen and oxygen atoms in total. The summed E-state index contributed by atoms with van der Waals surface area (Å²) in [6, 6.07) is 0. The van der Waals surface area contributed by atoms with Gasteiger partial charge in [0.15, 0.2) is 0 Å². The maximum atomic E-state index is 3.63. The van der Waals surface area contributed by atoms with Gasteiger partial charge in [0.05, 0.1) is 0 Å². The molecule has 0 heterocycles. The van der Waals surface area contributed by atoms with Gasteiger partial charge in [-0.3, -0.25) is 0 Å². The van der Waals surface area contributed by atoms with E-state index in [0.29, 0.717) is 21.7 Å². The summed E-state index contributed by atoms with van der Waals surface area (Å²) in [6.45, 7) is 7.76. The van der Waals surface area contributed by atoms with E-state index in [9.17, 15) is 0 Å². The Bertz CT molecular complexity index is 279. The summed E-state index contributed by atoms with van der Waals surface area (Å²) in [7, 11) is 0. The molecule has 0 spiro atoms. The van der Waals surface area contributed by atoms with Crippen LogP contribution in [0.5, 0.6) is 0 Å². The summed E-state index contributed by atoms with van der Waals surface area (Å²) < 4.78 is 0. The molecule has 0 aromatic rings. The lowest BCUT2D eigenvalue weighted by Gasteiger charge is -2.69. The van der Waals surface area contributed by atoms with Crippen LogP contribution in [-0.4, -0.2) is 5.33 Å². The van der Waals surface area contributed by atoms with Gasteiger partial charge in [0.2, 0.25) is 0 Å². The molecule has 17 heavy (non-hydrogen) atoms. The topological polar surface area (TPSA) is 0 Å². The summed E-state index contributed by atoms with van der Waals surface area (Å²) in [4.78, 5) is 0. The summed E-state index contributed by atoms with van der Waals surface area (Å²) in [6.07, 6.45) is 11.9. The molecular formula is C16H27Br. The van der Waals surface area contributed by atoms with E-state index in [1.54, 1.807) is 0 Å². The van der Waals surface area contributed by atoms with Crippen molar-refractivity contribution in [2.45, 2.75) is 72.1 Å². The largest absolute Gasteiger partial charge is 0.0928 e. The monoisotopic (exact) mass is 298 g/mol. The highest BCUT2D eigenvalue weighted by atomic mass is 79.9. The molecule has 0 N–H and O–H groups in total. The fraction of sp³-hybridized carbons (Fsp3) is 1.00. The third kappa shape index (κ3) is 2.01. The Labute approximate surface area is 115 Å². The van der Waals surface area contributed by atoms with E-state index < -0.39 is 0 Å². The van der Waals surface area contributed by atoms with Gasteiger partial charge in [0.1, 0.15) is 0 Å². The van der Waals surface area contributed by atoms with Crippen LogP contribution in [0.3, 0.4) is 0 Å². The van der Waals surface area contributed by atoms with Crippen LogP contribution in [0, 0.1) is 21.7 Å². The summed E-state index contributed by atoms with van der Waals surface area (Å²) in [5.74, 6) is 0. The molecule has 4 fully saturated rings. The van der Waals surface area contributed by atoms with Gasteiger partial charge in [-0.15, -0.1) is 0 Å². The molecule has 98 valence electrons. The number of hydrogen-bond acceptors (Lipinski definition) is 0. The molecule has 0 atom stereocenters. The maximum Gasteiger partial charge on any atom is 0.00315 e. The third-order valence-corrected chi connectivity index (χ3v) is 6.37. The van der Waals surface area contributed by atoms with Crippen molar-refractivity contribution in [1.29, 1.82) is 0 Å². The van der Waals surface area contributed by atoms with Gasteiger partial charge in [-0.05, 0) is 73.0 Å². The zero-order valence-electron chi connectivity index (χ0n) is 11.7. The number of alkyl halides is 1. The first-order valence-electron chi connectivity index (χ1n) is 7.36. The molecule has 0 aromatic heterocycles. The first-order valence-corrected chi connectivity index (χ1v) is 8.48. The standard InChI is InChI=1S/C16H27Br/c1-13-7-14(2)9-15(3,8-13)12-16(10-13,11-14)5-4-6-17/h4-12H2,1-3H3. The molecule has 4 aliphatic rings. The zero-order valence-corrected chi connectivity index (χ0v) is 13.3. The quantitative estimate of drug-likeness (QED) is 0.599. The van der Waals surface area contributed by atoms with Crippen molar-refractivity contribution >= 4 is 15.9 Å². The highest BCUT2D eigenvalue weighted by Crippen LogP contribution is 2.74. The molecular weight excluding hydrogens is 272 g/mol. The highest BCUT2D eigenvalue weighted by Gasteiger charge is 2.63. The summed E-state index contributed by atoms with van der Waals surface area (Å²) >= 11 is 3.63. The molecule has 0 aliphatic heterocycles. The Kier molecular flexibility index (Phi) is 2.59. The van der Waals surface area contributed by atoms with Crippen molar-refractivity contribution in [2.24, 2.45) is 21.7 Å². The van der Waals surface area contributed by atoms with Gasteiger partial charge in [0, 0.05) is 5.33 Å². The second-order valence-corrected chi connectivity index (χ2v) is 9.58. The maximum absolute atomic E-state index is 3.63. The molecule has 0 amide bonds. The second-order valence-electron chi connectivity index (χ2n) is 8.79. The van der Waals surface area contributed by atoms with Gasteiger partial charge in [-0.25, -0.2) is 0 Å². The Morgan fingerprint density at radius 1 is 0.765 bits per heavy atom.